The molecule has 3 aromatic rings. The van der Waals surface area contributed by atoms with Crippen LogP contribution in [0.25, 0.3) is 10.9 Å². The zero-order valence-electron chi connectivity index (χ0n) is 11.8. The summed E-state index contributed by atoms with van der Waals surface area (Å²) < 4.78 is 5.94. The van der Waals surface area contributed by atoms with E-state index < -0.39 is 0 Å². The first-order valence-corrected chi connectivity index (χ1v) is 8.09. The average Bonchev–Trinajstić information content (AvgIpc) is 3.00. The van der Waals surface area contributed by atoms with E-state index in [2.05, 4.69) is 19.1 Å². The highest BCUT2D eigenvalue weighted by Gasteiger charge is 2.18. The largest absolute Gasteiger partial charge is 0.457 e. The highest BCUT2D eigenvalue weighted by atomic mass is 32.2. The monoisotopic (exact) mass is 293 g/mol. The van der Waals surface area contributed by atoms with Crippen molar-refractivity contribution in [1.29, 1.82) is 0 Å². The van der Waals surface area contributed by atoms with Gasteiger partial charge in [0.2, 0.25) is 0 Å². The average molecular weight is 293 g/mol. The molecule has 0 fully saturated rings. The van der Waals surface area contributed by atoms with Crippen LogP contribution in [0.1, 0.15) is 11.3 Å². The molecule has 0 aliphatic carbocycles. The molecule has 0 saturated carbocycles. The number of aromatic nitrogens is 1. The van der Waals surface area contributed by atoms with Crippen molar-refractivity contribution >= 4 is 22.7 Å². The molecule has 2 heterocycles. The Labute approximate surface area is 128 Å². The number of hydrogen-bond donors (Lipinski definition) is 0. The SMILES string of the molecule is Cc1nc2ccc(Oc3ccccc3)cc2c2c1CCS2. The second kappa shape index (κ2) is 5.08. The summed E-state index contributed by atoms with van der Waals surface area (Å²) in [5, 5.41) is 1.21. The molecule has 0 N–H and O–H groups in total. The summed E-state index contributed by atoms with van der Waals surface area (Å²) in [4.78, 5) is 6.11. The van der Waals surface area contributed by atoms with Gasteiger partial charge in [0.05, 0.1) is 5.52 Å². The maximum absolute atomic E-state index is 5.94. The topological polar surface area (TPSA) is 22.1 Å². The van der Waals surface area contributed by atoms with Crippen LogP contribution in [0.3, 0.4) is 0 Å². The number of para-hydroxylation sites is 1. The van der Waals surface area contributed by atoms with Crippen LogP contribution in [0.4, 0.5) is 0 Å². The predicted octanol–water partition coefficient (Wildman–Crippen LogP) is 4.98. The van der Waals surface area contributed by atoms with Crippen molar-refractivity contribution < 1.29 is 4.74 Å². The Bertz CT molecular complexity index is 814. The van der Waals surface area contributed by atoms with Crippen LogP contribution in [0.2, 0.25) is 0 Å². The third-order valence-corrected chi connectivity index (χ3v) is 4.95. The fourth-order valence-corrected chi connectivity index (χ4v) is 4.03. The number of thioether (sulfide) groups is 1. The van der Waals surface area contributed by atoms with Gasteiger partial charge in [0, 0.05) is 21.7 Å². The summed E-state index contributed by atoms with van der Waals surface area (Å²) in [6.07, 6.45) is 1.12. The molecule has 0 atom stereocenters. The number of benzene rings is 2. The lowest BCUT2D eigenvalue weighted by Gasteiger charge is -2.10. The minimum atomic E-state index is 0.862. The molecule has 1 aliphatic heterocycles. The van der Waals surface area contributed by atoms with E-state index in [9.17, 15) is 0 Å². The van der Waals surface area contributed by atoms with Crippen molar-refractivity contribution in [2.75, 3.05) is 5.75 Å². The summed E-state index contributed by atoms with van der Waals surface area (Å²) in [6.45, 7) is 2.11. The van der Waals surface area contributed by atoms with Crippen molar-refractivity contribution in [2.45, 2.75) is 18.2 Å². The van der Waals surface area contributed by atoms with Gasteiger partial charge in [-0.2, -0.15) is 0 Å². The minimum absolute atomic E-state index is 0.862. The van der Waals surface area contributed by atoms with Gasteiger partial charge in [-0.15, -0.1) is 11.8 Å². The van der Waals surface area contributed by atoms with Crippen molar-refractivity contribution in [1.82, 2.24) is 4.98 Å². The van der Waals surface area contributed by atoms with E-state index in [-0.39, 0.29) is 0 Å². The molecule has 2 nitrogen and oxygen atoms in total. The van der Waals surface area contributed by atoms with Gasteiger partial charge < -0.3 is 4.74 Å². The summed E-state index contributed by atoms with van der Waals surface area (Å²) >= 11 is 1.93. The Hall–Kier alpha value is -2.00. The van der Waals surface area contributed by atoms with Crippen LogP contribution < -0.4 is 4.74 Å². The minimum Gasteiger partial charge on any atom is -0.457 e. The Morgan fingerprint density at radius 3 is 2.76 bits per heavy atom. The van der Waals surface area contributed by atoms with Gasteiger partial charge in [-0.25, -0.2) is 0 Å². The van der Waals surface area contributed by atoms with Crippen molar-refractivity contribution in [3.05, 3.63) is 59.8 Å². The maximum atomic E-state index is 5.94. The van der Waals surface area contributed by atoms with Gasteiger partial charge in [-0.1, -0.05) is 18.2 Å². The van der Waals surface area contributed by atoms with E-state index in [1.807, 2.05) is 48.2 Å². The molecule has 0 amide bonds. The second-order valence-electron chi connectivity index (χ2n) is 5.20. The van der Waals surface area contributed by atoms with Crippen LogP contribution >= 0.6 is 11.8 Å². The molecule has 2 aromatic carbocycles. The van der Waals surface area contributed by atoms with Crippen molar-refractivity contribution in [2.24, 2.45) is 0 Å². The molecule has 0 bridgehead atoms. The molecule has 1 aromatic heterocycles. The van der Waals surface area contributed by atoms with Gasteiger partial charge in [-0.05, 0) is 49.2 Å². The predicted molar refractivity (Wildman–Crippen MR) is 87.4 cm³/mol. The Balaban J connectivity index is 1.81. The Morgan fingerprint density at radius 1 is 1.05 bits per heavy atom. The third-order valence-electron chi connectivity index (χ3n) is 3.79. The van der Waals surface area contributed by atoms with Crippen LogP contribution in [-0.2, 0) is 6.42 Å². The summed E-state index contributed by atoms with van der Waals surface area (Å²) in [6, 6.07) is 16.1. The number of fused-ring (bicyclic) bond motifs is 3. The maximum Gasteiger partial charge on any atom is 0.128 e. The molecule has 0 radical (unpaired) electrons. The van der Waals surface area contributed by atoms with E-state index in [0.717, 1.165) is 29.2 Å². The normalized spacial score (nSPS) is 13.4. The van der Waals surface area contributed by atoms with Crippen LogP contribution in [0.15, 0.2) is 53.4 Å². The molecule has 21 heavy (non-hydrogen) atoms. The Morgan fingerprint density at radius 2 is 1.90 bits per heavy atom. The molecular weight excluding hydrogens is 278 g/mol. The number of rotatable bonds is 2. The summed E-state index contributed by atoms with van der Waals surface area (Å²) in [7, 11) is 0. The highest BCUT2D eigenvalue weighted by Crippen LogP contribution is 2.39. The van der Waals surface area contributed by atoms with E-state index in [4.69, 9.17) is 9.72 Å². The van der Waals surface area contributed by atoms with Gasteiger partial charge >= 0.3 is 0 Å². The standard InChI is InChI=1S/C18H15NOS/c1-12-15-9-10-21-18(15)16-11-14(7-8-17(16)19-12)20-13-5-3-2-4-6-13/h2-8,11H,9-10H2,1H3. The van der Waals surface area contributed by atoms with Crippen molar-refractivity contribution in [3.63, 3.8) is 0 Å². The van der Waals surface area contributed by atoms with Crippen molar-refractivity contribution in [3.8, 4) is 11.5 Å². The van der Waals surface area contributed by atoms with E-state index >= 15 is 0 Å². The fraction of sp³-hybridized carbons (Fsp3) is 0.167. The molecule has 104 valence electrons. The first kappa shape index (κ1) is 12.7. The molecule has 3 heteroatoms. The second-order valence-corrected chi connectivity index (χ2v) is 6.30. The van der Waals surface area contributed by atoms with Crippen LogP contribution in [0.5, 0.6) is 11.5 Å². The molecule has 0 spiro atoms. The van der Waals surface area contributed by atoms with Gasteiger partial charge in [0.1, 0.15) is 11.5 Å². The zero-order valence-corrected chi connectivity index (χ0v) is 12.6. The zero-order chi connectivity index (χ0) is 14.2. The van der Waals surface area contributed by atoms with E-state index in [0.29, 0.717) is 0 Å². The Kier molecular flexibility index (Phi) is 3.08. The first-order valence-electron chi connectivity index (χ1n) is 7.10. The smallest absolute Gasteiger partial charge is 0.128 e. The van der Waals surface area contributed by atoms with E-state index in [1.54, 1.807) is 0 Å². The quantitative estimate of drug-likeness (QED) is 0.665. The number of pyridine rings is 1. The lowest BCUT2D eigenvalue weighted by atomic mass is 10.1. The number of nitrogens with zero attached hydrogens (tertiary/aromatic N) is 1. The number of aryl methyl sites for hydroxylation is 1. The first-order chi connectivity index (χ1) is 10.3. The van der Waals surface area contributed by atoms with Crippen LogP contribution in [-0.4, -0.2) is 10.7 Å². The number of hydrogen-bond acceptors (Lipinski definition) is 3. The lowest BCUT2D eigenvalue weighted by molar-refractivity contribution is 0.483. The molecule has 1 aliphatic rings. The molecular formula is C18H15NOS. The van der Waals surface area contributed by atoms with Gasteiger partial charge in [-0.3, -0.25) is 4.98 Å². The molecule has 4 rings (SSSR count). The fourth-order valence-electron chi connectivity index (χ4n) is 2.77. The van der Waals surface area contributed by atoms with Crippen LogP contribution in [0, 0.1) is 6.92 Å². The highest BCUT2D eigenvalue weighted by molar-refractivity contribution is 7.99. The third kappa shape index (κ3) is 2.28. The summed E-state index contributed by atoms with van der Waals surface area (Å²) in [5.74, 6) is 2.89. The van der Waals surface area contributed by atoms with Gasteiger partial charge in [0.15, 0.2) is 0 Å². The number of ether oxygens (including phenoxy) is 1. The van der Waals surface area contributed by atoms with E-state index in [1.165, 1.54) is 21.5 Å². The summed E-state index contributed by atoms with van der Waals surface area (Å²) in [5.41, 5.74) is 3.63. The van der Waals surface area contributed by atoms with Gasteiger partial charge in [0.25, 0.3) is 0 Å². The lowest BCUT2D eigenvalue weighted by Crippen LogP contribution is -1.93. The molecule has 0 unspecified atom stereocenters. The molecule has 0 saturated heterocycles.